The molecule has 5 nitrogen and oxygen atoms in total. The first-order valence-electron chi connectivity index (χ1n) is 8.77. The van der Waals surface area contributed by atoms with E-state index >= 15 is 0 Å². The molecule has 5 heteroatoms. The summed E-state index contributed by atoms with van der Waals surface area (Å²) >= 11 is 0. The lowest BCUT2D eigenvalue weighted by molar-refractivity contribution is 0.0697. The number of carboxylic acid groups (broad SMARTS) is 1. The fraction of sp³-hybridized carbons (Fsp3) is 0.0417. The third kappa shape index (κ3) is 4.88. The van der Waals surface area contributed by atoms with Gasteiger partial charge in [-0.2, -0.15) is 10.5 Å². The Morgan fingerprint density at radius 1 is 0.931 bits per heavy atom. The monoisotopic (exact) mass is 380 g/mol. The molecule has 3 aromatic rings. The van der Waals surface area contributed by atoms with Crippen molar-refractivity contribution < 1.29 is 14.6 Å². The van der Waals surface area contributed by atoms with Crippen LogP contribution in [0, 0.1) is 22.7 Å². The van der Waals surface area contributed by atoms with Gasteiger partial charge >= 0.3 is 5.97 Å². The Kier molecular flexibility index (Phi) is 6.05. The summed E-state index contributed by atoms with van der Waals surface area (Å²) in [5.74, 6) is -0.355. The van der Waals surface area contributed by atoms with E-state index in [-0.39, 0.29) is 12.2 Å². The van der Waals surface area contributed by atoms with Crippen molar-refractivity contribution in [2.24, 2.45) is 0 Å². The number of ether oxygens (including phenoxy) is 1. The van der Waals surface area contributed by atoms with Gasteiger partial charge in [-0.05, 0) is 47.5 Å². The fourth-order valence-corrected chi connectivity index (χ4v) is 2.72. The maximum absolute atomic E-state index is 10.9. The second-order valence-electron chi connectivity index (χ2n) is 6.18. The molecule has 140 valence electrons. The highest BCUT2D eigenvalue weighted by molar-refractivity contribution is 5.92. The molecule has 29 heavy (non-hydrogen) atoms. The number of nitriles is 2. The second kappa shape index (κ2) is 9.03. The van der Waals surface area contributed by atoms with Crippen molar-refractivity contribution in [2.75, 3.05) is 0 Å². The topological polar surface area (TPSA) is 94.1 Å². The van der Waals surface area contributed by atoms with Crippen LogP contribution in [0.5, 0.6) is 5.75 Å². The number of hydrogen-bond donors (Lipinski definition) is 1. The molecule has 0 aliphatic carbocycles. The summed E-state index contributed by atoms with van der Waals surface area (Å²) in [7, 11) is 0. The number of carbonyl (C=O) groups is 1. The van der Waals surface area contributed by atoms with Gasteiger partial charge < -0.3 is 9.84 Å². The van der Waals surface area contributed by atoms with Crippen LogP contribution in [0.15, 0.2) is 72.8 Å². The molecule has 0 aliphatic rings. The van der Waals surface area contributed by atoms with Crippen molar-refractivity contribution in [1.82, 2.24) is 0 Å². The van der Waals surface area contributed by atoms with Gasteiger partial charge in [0.1, 0.15) is 12.4 Å². The zero-order chi connectivity index (χ0) is 20.6. The maximum atomic E-state index is 10.9. The van der Waals surface area contributed by atoms with Crippen LogP contribution in [0.4, 0.5) is 0 Å². The van der Waals surface area contributed by atoms with E-state index in [9.17, 15) is 10.1 Å². The lowest BCUT2D eigenvalue weighted by atomic mass is 10.0. The molecule has 3 rings (SSSR count). The summed E-state index contributed by atoms with van der Waals surface area (Å²) < 4.78 is 5.75. The standard InChI is InChI=1S/C24H16N2O3/c25-14-20-3-1-2-4-21(20)16-29-23-11-5-17(6-12-23)13-22(15-26)18-7-9-19(10-8-18)24(27)28/h1-13H,16H2,(H,27,28)/b22-13-. The fourth-order valence-electron chi connectivity index (χ4n) is 2.72. The minimum absolute atomic E-state index is 0.172. The summed E-state index contributed by atoms with van der Waals surface area (Å²) in [6.07, 6.45) is 1.73. The molecule has 0 aromatic heterocycles. The lowest BCUT2D eigenvalue weighted by Crippen LogP contribution is -1.98. The van der Waals surface area contributed by atoms with Crippen molar-refractivity contribution in [3.63, 3.8) is 0 Å². The number of aromatic carboxylic acids is 1. The Morgan fingerprint density at radius 3 is 2.21 bits per heavy atom. The van der Waals surface area contributed by atoms with Gasteiger partial charge in [0, 0.05) is 5.56 Å². The van der Waals surface area contributed by atoms with Gasteiger partial charge in [0.05, 0.1) is 28.8 Å². The van der Waals surface area contributed by atoms with Gasteiger partial charge in [-0.1, -0.05) is 42.5 Å². The number of hydrogen-bond acceptors (Lipinski definition) is 4. The molecule has 0 fully saturated rings. The normalized spacial score (nSPS) is 10.6. The second-order valence-corrected chi connectivity index (χ2v) is 6.18. The van der Waals surface area contributed by atoms with Crippen molar-refractivity contribution in [3.05, 3.63) is 101 Å². The largest absolute Gasteiger partial charge is 0.489 e. The third-order valence-electron chi connectivity index (χ3n) is 4.29. The van der Waals surface area contributed by atoms with Crippen LogP contribution in [0.2, 0.25) is 0 Å². The Bertz CT molecular complexity index is 1130. The van der Waals surface area contributed by atoms with E-state index in [1.807, 2.05) is 30.3 Å². The zero-order valence-electron chi connectivity index (χ0n) is 15.4. The third-order valence-corrected chi connectivity index (χ3v) is 4.29. The molecule has 0 saturated heterocycles. The molecule has 0 radical (unpaired) electrons. The highest BCUT2D eigenvalue weighted by atomic mass is 16.5. The van der Waals surface area contributed by atoms with E-state index in [0.29, 0.717) is 22.4 Å². The van der Waals surface area contributed by atoms with Gasteiger partial charge in [-0.15, -0.1) is 0 Å². The van der Waals surface area contributed by atoms with Crippen LogP contribution in [0.1, 0.15) is 32.6 Å². The predicted molar refractivity (Wildman–Crippen MR) is 109 cm³/mol. The molecule has 0 unspecified atom stereocenters. The van der Waals surface area contributed by atoms with Gasteiger partial charge in [-0.3, -0.25) is 0 Å². The maximum Gasteiger partial charge on any atom is 0.335 e. The van der Waals surface area contributed by atoms with Gasteiger partial charge in [0.25, 0.3) is 0 Å². The predicted octanol–water partition coefficient (Wildman–Crippen LogP) is 4.90. The van der Waals surface area contributed by atoms with E-state index in [4.69, 9.17) is 15.1 Å². The molecule has 0 spiro atoms. The first-order chi connectivity index (χ1) is 14.1. The average Bonchev–Trinajstić information content (AvgIpc) is 2.77. The van der Waals surface area contributed by atoms with Crippen LogP contribution in [-0.2, 0) is 6.61 Å². The van der Waals surface area contributed by atoms with Crippen molar-refractivity contribution >= 4 is 17.6 Å². The number of allylic oxidation sites excluding steroid dienone is 1. The van der Waals surface area contributed by atoms with Gasteiger partial charge in [0.2, 0.25) is 0 Å². The quantitative estimate of drug-likeness (QED) is 0.485. The van der Waals surface area contributed by atoms with E-state index in [1.165, 1.54) is 12.1 Å². The molecule has 0 atom stereocenters. The number of benzene rings is 3. The van der Waals surface area contributed by atoms with Crippen molar-refractivity contribution in [2.45, 2.75) is 6.61 Å². The summed E-state index contributed by atoms with van der Waals surface area (Å²) in [4.78, 5) is 10.9. The van der Waals surface area contributed by atoms with Crippen molar-refractivity contribution in [3.8, 4) is 17.9 Å². The molecule has 0 heterocycles. The summed E-state index contributed by atoms with van der Waals surface area (Å²) in [5.41, 5.74) is 3.46. The summed E-state index contributed by atoms with van der Waals surface area (Å²) in [5, 5.41) is 27.5. The molecular weight excluding hydrogens is 364 g/mol. The first kappa shape index (κ1) is 19.4. The highest BCUT2D eigenvalue weighted by Gasteiger charge is 2.06. The Balaban J connectivity index is 1.72. The molecule has 0 aliphatic heterocycles. The van der Waals surface area contributed by atoms with E-state index in [2.05, 4.69) is 12.1 Å². The molecule has 0 saturated carbocycles. The Labute approximate surface area is 168 Å². The Hall–Kier alpha value is -4.35. The smallest absolute Gasteiger partial charge is 0.335 e. The summed E-state index contributed by atoms with van der Waals surface area (Å²) in [6, 6.07) is 25.0. The van der Waals surface area contributed by atoms with Crippen LogP contribution >= 0.6 is 0 Å². The minimum atomic E-state index is -1.01. The number of carboxylic acids is 1. The van der Waals surface area contributed by atoms with Crippen LogP contribution < -0.4 is 4.74 Å². The zero-order valence-corrected chi connectivity index (χ0v) is 15.4. The summed E-state index contributed by atoms with van der Waals surface area (Å²) in [6.45, 7) is 0.290. The minimum Gasteiger partial charge on any atom is -0.489 e. The van der Waals surface area contributed by atoms with E-state index in [1.54, 1.807) is 36.4 Å². The Morgan fingerprint density at radius 2 is 1.59 bits per heavy atom. The van der Waals surface area contributed by atoms with Crippen LogP contribution in [-0.4, -0.2) is 11.1 Å². The highest BCUT2D eigenvalue weighted by Crippen LogP contribution is 2.21. The van der Waals surface area contributed by atoms with E-state index < -0.39 is 5.97 Å². The number of rotatable bonds is 6. The average molecular weight is 380 g/mol. The van der Waals surface area contributed by atoms with Gasteiger partial charge in [0.15, 0.2) is 0 Å². The van der Waals surface area contributed by atoms with Crippen LogP contribution in [0.3, 0.4) is 0 Å². The van der Waals surface area contributed by atoms with Gasteiger partial charge in [-0.25, -0.2) is 4.79 Å². The first-order valence-corrected chi connectivity index (χ1v) is 8.77. The van der Waals surface area contributed by atoms with E-state index in [0.717, 1.165) is 11.1 Å². The molecule has 0 bridgehead atoms. The van der Waals surface area contributed by atoms with Crippen molar-refractivity contribution in [1.29, 1.82) is 10.5 Å². The molecule has 0 amide bonds. The molecule has 1 N–H and O–H groups in total. The SMILES string of the molecule is N#C/C(=C/c1ccc(OCc2ccccc2C#N)cc1)c1ccc(C(=O)O)cc1. The van der Waals surface area contributed by atoms with Crippen LogP contribution in [0.25, 0.3) is 11.6 Å². The number of nitrogens with zero attached hydrogens (tertiary/aromatic N) is 2. The molecular formula is C24H16N2O3. The molecule has 3 aromatic carbocycles. The lowest BCUT2D eigenvalue weighted by Gasteiger charge is -2.08.